The average Bonchev–Trinajstić information content (AvgIpc) is 3.24. The Morgan fingerprint density at radius 2 is 2.05 bits per heavy atom. The van der Waals surface area contributed by atoms with Gasteiger partial charge in [-0.25, -0.2) is 4.79 Å². The van der Waals surface area contributed by atoms with E-state index in [1.807, 2.05) is 32.0 Å². The van der Waals surface area contributed by atoms with Gasteiger partial charge < -0.3 is 9.64 Å². The second kappa shape index (κ2) is 4.84. The van der Waals surface area contributed by atoms with Gasteiger partial charge in [0.2, 0.25) is 0 Å². The Morgan fingerprint density at radius 3 is 2.76 bits per heavy atom. The molecule has 1 unspecified atom stereocenters. The van der Waals surface area contributed by atoms with Gasteiger partial charge in [-0.05, 0) is 31.5 Å². The fourth-order valence-electron chi connectivity index (χ4n) is 2.50. The number of hydrogen-bond acceptors (Lipinski definition) is 4. The molecule has 108 valence electrons. The lowest BCUT2D eigenvalue weighted by molar-refractivity contribution is -0.140. The number of amides is 1. The van der Waals surface area contributed by atoms with Crippen molar-refractivity contribution in [3.8, 4) is 0 Å². The number of carbonyl (C=O) groups excluding carboxylic acids is 2. The molecule has 0 radical (unpaired) electrons. The summed E-state index contributed by atoms with van der Waals surface area (Å²) in [6, 6.07) is 7.14. The number of fused-ring (bicyclic) bond motifs is 1. The molecule has 1 aliphatic rings. The van der Waals surface area contributed by atoms with Crippen molar-refractivity contribution in [2.75, 3.05) is 13.7 Å². The number of ether oxygens (including phenoxy) is 1. The molecule has 2 heterocycles. The minimum absolute atomic E-state index is 0.148. The van der Waals surface area contributed by atoms with Crippen molar-refractivity contribution in [2.24, 2.45) is 0 Å². The Morgan fingerprint density at radius 1 is 1.29 bits per heavy atom. The summed E-state index contributed by atoms with van der Waals surface area (Å²) < 4.78 is 4.67. The molecule has 1 aromatic heterocycles. The Labute approximate surface area is 122 Å². The fourth-order valence-corrected chi connectivity index (χ4v) is 2.50. The highest BCUT2D eigenvalue weighted by molar-refractivity contribution is 6.09. The van der Waals surface area contributed by atoms with Crippen molar-refractivity contribution >= 4 is 22.8 Å². The number of aryl methyl sites for hydroxylation is 2. The van der Waals surface area contributed by atoms with Crippen molar-refractivity contribution in [3.63, 3.8) is 0 Å². The molecule has 0 spiro atoms. The van der Waals surface area contributed by atoms with E-state index in [2.05, 4.69) is 9.72 Å². The molecule has 1 fully saturated rings. The largest absolute Gasteiger partial charge is 0.467 e. The zero-order chi connectivity index (χ0) is 15.1. The summed E-state index contributed by atoms with van der Waals surface area (Å²) in [6.07, 6.45) is 0. The van der Waals surface area contributed by atoms with Gasteiger partial charge in [-0.3, -0.25) is 9.78 Å². The zero-order valence-electron chi connectivity index (χ0n) is 12.2. The van der Waals surface area contributed by atoms with E-state index in [0.29, 0.717) is 12.1 Å². The minimum Gasteiger partial charge on any atom is -0.467 e. The van der Waals surface area contributed by atoms with Crippen LogP contribution in [-0.2, 0) is 9.53 Å². The summed E-state index contributed by atoms with van der Waals surface area (Å²) >= 11 is 0. The maximum absolute atomic E-state index is 12.6. The first-order valence-corrected chi connectivity index (χ1v) is 6.78. The molecule has 1 saturated heterocycles. The molecule has 0 aliphatic carbocycles. The highest BCUT2D eigenvalue weighted by atomic mass is 16.5. The van der Waals surface area contributed by atoms with E-state index in [4.69, 9.17) is 0 Å². The van der Waals surface area contributed by atoms with Gasteiger partial charge >= 0.3 is 5.97 Å². The number of hydrogen-bond donors (Lipinski definition) is 0. The van der Waals surface area contributed by atoms with Crippen LogP contribution in [0.3, 0.4) is 0 Å². The molecule has 1 aliphatic heterocycles. The van der Waals surface area contributed by atoms with E-state index in [9.17, 15) is 9.59 Å². The van der Waals surface area contributed by atoms with Crippen molar-refractivity contribution in [2.45, 2.75) is 19.9 Å². The number of carbonyl (C=O) groups is 2. The summed E-state index contributed by atoms with van der Waals surface area (Å²) in [7, 11) is 1.33. The molecule has 3 rings (SSSR count). The van der Waals surface area contributed by atoms with Gasteiger partial charge in [0.25, 0.3) is 5.91 Å². The molecule has 0 bridgehead atoms. The van der Waals surface area contributed by atoms with Crippen LogP contribution in [0.25, 0.3) is 10.9 Å². The second-order valence-corrected chi connectivity index (χ2v) is 5.33. The normalized spacial score (nSPS) is 16.9. The maximum atomic E-state index is 12.6. The third kappa shape index (κ3) is 2.35. The van der Waals surface area contributed by atoms with Crippen LogP contribution in [0.2, 0.25) is 0 Å². The number of benzene rings is 1. The summed E-state index contributed by atoms with van der Waals surface area (Å²) in [6.45, 7) is 4.27. The van der Waals surface area contributed by atoms with Gasteiger partial charge in [-0.15, -0.1) is 0 Å². The van der Waals surface area contributed by atoms with Crippen LogP contribution in [0.4, 0.5) is 0 Å². The Balaban J connectivity index is 2.01. The number of rotatable bonds is 2. The summed E-state index contributed by atoms with van der Waals surface area (Å²) in [5.41, 5.74) is 3.27. The molecule has 1 atom stereocenters. The van der Waals surface area contributed by atoms with Gasteiger partial charge in [0.1, 0.15) is 6.04 Å². The Kier molecular flexibility index (Phi) is 3.12. The van der Waals surface area contributed by atoms with E-state index in [-0.39, 0.29) is 11.9 Å². The van der Waals surface area contributed by atoms with Crippen molar-refractivity contribution < 1.29 is 14.3 Å². The van der Waals surface area contributed by atoms with Crippen molar-refractivity contribution in [3.05, 3.63) is 41.1 Å². The minimum atomic E-state index is -0.448. The van der Waals surface area contributed by atoms with Gasteiger partial charge in [0.05, 0.1) is 24.7 Å². The molecule has 0 N–H and O–H groups in total. The van der Waals surface area contributed by atoms with E-state index in [1.165, 1.54) is 12.0 Å². The smallest absolute Gasteiger partial charge is 0.330 e. The van der Waals surface area contributed by atoms with Gasteiger partial charge in [-0.1, -0.05) is 12.1 Å². The van der Waals surface area contributed by atoms with Crippen molar-refractivity contribution in [1.82, 2.24) is 9.88 Å². The molecule has 21 heavy (non-hydrogen) atoms. The first-order valence-electron chi connectivity index (χ1n) is 6.78. The predicted octanol–water partition coefficient (Wildman–Crippen LogP) is 1.85. The molecule has 5 heteroatoms. The molecule has 1 amide bonds. The lowest BCUT2D eigenvalue weighted by Crippen LogP contribution is -2.20. The number of methoxy groups -OCH3 is 1. The van der Waals surface area contributed by atoms with Gasteiger partial charge in [-0.2, -0.15) is 0 Å². The molecule has 2 aromatic rings. The van der Waals surface area contributed by atoms with Crippen LogP contribution in [0.5, 0.6) is 0 Å². The first-order chi connectivity index (χ1) is 10.0. The molecule has 5 nitrogen and oxygen atoms in total. The average molecular weight is 284 g/mol. The SMILES string of the molecule is COC(=O)C1CN1C(=O)c1cc(C)nc2cc(C)ccc12. The Bertz CT molecular complexity index is 749. The Hall–Kier alpha value is -2.43. The van der Waals surface area contributed by atoms with Crippen LogP contribution < -0.4 is 0 Å². The summed E-state index contributed by atoms with van der Waals surface area (Å²) in [4.78, 5) is 30.0. The predicted molar refractivity (Wildman–Crippen MR) is 78.1 cm³/mol. The highest BCUT2D eigenvalue weighted by Crippen LogP contribution is 2.27. The second-order valence-electron chi connectivity index (χ2n) is 5.33. The molecule has 1 aromatic carbocycles. The molecule has 0 saturated carbocycles. The fraction of sp³-hybridized carbons (Fsp3) is 0.312. The van der Waals surface area contributed by atoms with E-state index < -0.39 is 6.04 Å². The van der Waals surface area contributed by atoms with Crippen LogP contribution in [0.15, 0.2) is 24.3 Å². The van der Waals surface area contributed by atoms with E-state index >= 15 is 0 Å². The quantitative estimate of drug-likeness (QED) is 0.624. The summed E-state index contributed by atoms with van der Waals surface area (Å²) in [5, 5.41) is 0.812. The van der Waals surface area contributed by atoms with Crippen molar-refractivity contribution in [1.29, 1.82) is 0 Å². The third-order valence-electron chi connectivity index (χ3n) is 3.67. The zero-order valence-corrected chi connectivity index (χ0v) is 12.2. The van der Waals surface area contributed by atoms with Gasteiger partial charge in [0, 0.05) is 11.1 Å². The lowest BCUT2D eigenvalue weighted by Gasteiger charge is -2.09. The number of aromatic nitrogens is 1. The summed E-state index contributed by atoms with van der Waals surface area (Å²) in [5.74, 6) is -0.515. The van der Waals surface area contributed by atoms with Crippen LogP contribution in [0.1, 0.15) is 21.6 Å². The standard InChI is InChI=1S/C16H16N2O3/c1-9-4-5-11-12(7-10(2)17-13(11)6-9)15(19)18-8-14(18)16(20)21-3/h4-7,14H,8H2,1-3H3. The monoisotopic (exact) mass is 284 g/mol. The number of esters is 1. The third-order valence-corrected chi connectivity index (χ3v) is 3.67. The molecular weight excluding hydrogens is 268 g/mol. The van der Waals surface area contributed by atoms with E-state index in [0.717, 1.165) is 22.2 Å². The van der Waals surface area contributed by atoms with Crippen LogP contribution in [0, 0.1) is 13.8 Å². The van der Waals surface area contributed by atoms with E-state index in [1.54, 1.807) is 6.07 Å². The first kappa shape index (κ1) is 13.5. The topological polar surface area (TPSA) is 59.3 Å². The lowest BCUT2D eigenvalue weighted by atomic mass is 10.1. The van der Waals surface area contributed by atoms with Gasteiger partial charge in [0.15, 0.2) is 0 Å². The highest BCUT2D eigenvalue weighted by Gasteiger charge is 2.45. The number of pyridine rings is 1. The maximum Gasteiger partial charge on any atom is 0.330 e. The number of nitrogens with zero attached hydrogens (tertiary/aromatic N) is 2. The van der Waals surface area contributed by atoms with Crippen LogP contribution in [-0.4, -0.2) is 41.5 Å². The van der Waals surface area contributed by atoms with Crippen LogP contribution >= 0.6 is 0 Å². The molecular formula is C16H16N2O3.